The quantitative estimate of drug-likeness (QED) is 0.834. The fourth-order valence-corrected chi connectivity index (χ4v) is 2.22. The van der Waals surface area contributed by atoms with E-state index < -0.39 is 6.10 Å². The summed E-state index contributed by atoms with van der Waals surface area (Å²) in [6.07, 6.45) is 2.00. The summed E-state index contributed by atoms with van der Waals surface area (Å²) in [7, 11) is 0. The van der Waals surface area contributed by atoms with Crippen molar-refractivity contribution < 1.29 is 14.3 Å². The number of rotatable bonds is 6. The fraction of sp³-hybridized carbons (Fsp3) is 0.222. The van der Waals surface area contributed by atoms with Crippen molar-refractivity contribution in [2.45, 2.75) is 25.0 Å². The van der Waals surface area contributed by atoms with Crippen molar-refractivity contribution in [2.75, 3.05) is 0 Å². The maximum Gasteiger partial charge on any atom is 0.266 e. The first-order chi connectivity index (χ1) is 10.8. The van der Waals surface area contributed by atoms with Crippen LogP contribution in [-0.2, 0) is 4.79 Å². The number of ether oxygens (including phenoxy) is 1. The summed E-state index contributed by atoms with van der Waals surface area (Å²) < 4.78 is 5.87. The standard InChI is InChI=1S/C18H17NO3/c20-12-14-8-4-5-9-16(14)22-17(13-6-2-1-3-7-13)18(21)19-15-10-11-15/h1-9,12,15,17H,10-11H2,(H,19,21)/t17-/m0/s1. The van der Waals surface area contributed by atoms with Crippen LogP contribution in [0.1, 0.15) is 34.9 Å². The van der Waals surface area contributed by atoms with Crippen molar-refractivity contribution in [3.8, 4) is 5.75 Å². The van der Waals surface area contributed by atoms with Crippen LogP contribution in [-0.4, -0.2) is 18.2 Å². The van der Waals surface area contributed by atoms with E-state index in [1.54, 1.807) is 24.3 Å². The fourth-order valence-electron chi connectivity index (χ4n) is 2.22. The molecule has 1 aliphatic carbocycles. The number of para-hydroxylation sites is 1. The second-order valence-corrected chi connectivity index (χ2v) is 5.35. The van der Waals surface area contributed by atoms with Gasteiger partial charge in [0.05, 0.1) is 5.56 Å². The third kappa shape index (κ3) is 3.34. The van der Waals surface area contributed by atoms with Crippen LogP contribution in [0.5, 0.6) is 5.75 Å². The van der Waals surface area contributed by atoms with Crippen molar-refractivity contribution in [1.29, 1.82) is 0 Å². The molecule has 0 heterocycles. The lowest BCUT2D eigenvalue weighted by atomic mass is 10.1. The van der Waals surface area contributed by atoms with Gasteiger partial charge in [-0.3, -0.25) is 9.59 Å². The van der Waals surface area contributed by atoms with E-state index in [2.05, 4.69) is 5.32 Å². The predicted octanol–water partition coefficient (Wildman–Crippen LogP) is 2.90. The Bertz CT molecular complexity index is 665. The van der Waals surface area contributed by atoms with Gasteiger partial charge < -0.3 is 10.1 Å². The van der Waals surface area contributed by atoms with Crippen molar-refractivity contribution in [1.82, 2.24) is 5.32 Å². The minimum absolute atomic E-state index is 0.172. The second kappa shape index (κ2) is 6.43. The third-order valence-electron chi connectivity index (χ3n) is 3.55. The summed E-state index contributed by atoms with van der Waals surface area (Å²) in [6.45, 7) is 0. The molecule has 112 valence electrons. The van der Waals surface area contributed by atoms with Crippen LogP contribution in [0.25, 0.3) is 0 Å². The molecule has 2 aromatic rings. The Labute approximate surface area is 129 Å². The average molecular weight is 295 g/mol. The number of carbonyl (C=O) groups is 2. The van der Waals surface area contributed by atoms with Crippen LogP contribution in [0, 0.1) is 0 Å². The second-order valence-electron chi connectivity index (χ2n) is 5.35. The Kier molecular flexibility index (Phi) is 4.19. The molecule has 1 fully saturated rings. The van der Waals surface area contributed by atoms with Crippen LogP contribution >= 0.6 is 0 Å². The number of aldehydes is 1. The van der Waals surface area contributed by atoms with E-state index in [0.717, 1.165) is 24.7 Å². The number of hydrogen-bond donors (Lipinski definition) is 1. The molecular formula is C18H17NO3. The Morgan fingerprint density at radius 2 is 1.77 bits per heavy atom. The van der Waals surface area contributed by atoms with Gasteiger partial charge in [-0.25, -0.2) is 0 Å². The van der Waals surface area contributed by atoms with Crippen molar-refractivity contribution in [2.24, 2.45) is 0 Å². The number of benzene rings is 2. The van der Waals surface area contributed by atoms with Gasteiger partial charge in [-0.2, -0.15) is 0 Å². The summed E-state index contributed by atoms with van der Waals surface area (Å²) in [5.74, 6) is 0.242. The highest BCUT2D eigenvalue weighted by atomic mass is 16.5. The molecule has 0 spiro atoms. The molecular weight excluding hydrogens is 278 g/mol. The van der Waals surface area contributed by atoms with E-state index in [1.807, 2.05) is 30.3 Å². The molecule has 0 radical (unpaired) electrons. The first-order valence-electron chi connectivity index (χ1n) is 7.34. The highest BCUT2D eigenvalue weighted by Crippen LogP contribution is 2.26. The van der Waals surface area contributed by atoms with Crippen LogP contribution < -0.4 is 10.1 Å². The van der Waals surface area contributed by atoms with E-state index in [-0.39, 0.29) is 11.9 Å². The molecule has 1 atom stereocenters. The molecule has 1 aliphatic rings. The van der Waals surface area contributed by atoms with E-state index in [0.29, 0.717) is 11.3 Å². The summed E-state index contributed by atoms with van der Waals surface area (Å²) in [5, 5.41) is 2.96. The molecule has 2 aromatic carbocycles. The minimum Gasteiger partial charge on any atom is -0.475 e. The van der Waals surface area contributed by atoms with Gasteiger partial charge in [0.25, 0.3) is 5.91 Å². The van der Waals surface area contributed by atoms with Crippen LogP contribution in [0.4, 0.5) is 0 Å². The Balaban J connectivity index is 1.87. The normalized spacial score (nSPS) is 14.9. The van der Waals surface area contributed by atoms with Crippen molar-refractivity contribution in [3.05, 3.63) is 65.7 Å². The van der Waals surface area contributed by atoms with Gasteiger partial charge in [0, 0.05) is 11.6 Å². The minimum atomic E-state index is -0.761. The lowest BCUT2D eigenvalue weighted by Crippen LogP contribution is -2.34. The zero-order valence-corrected chi connectivity index (χ0v) is 12.1. The van der Waals surface area contributed by atoms with Gasteiger partial charge in [-0.15, -0.1) is 0 Å². The topological polar surface area (TPSA) is 55.4 Å². The lowest BCUT2D eigenvalue weighted by Gasteiger charge is -2.20. The molecule has 1 amide bonds. The Morgan fingerprint density at radius 3 is 2.45 bits per heavy atom. The molecule has 0 bridgehead atoms. The molecule has 1 N–H and O–H groups in total. The van der Waals surface area contributed by atoms with Gasteiger partial charge in [0.15, 0.2) is 6.29 Å². The third-order valence-corrected chi connectivity index (χ3v) is 3.55. The van der Waals surface area contributed by atoms with Crippen LogP contribution in [0.15, 0.2) is 54.6 Å². The van der Waals surface area contributed by atoms with E-state index >= 15 is 0 Å². The largest absolute Gasteiger partial charge is 0.475 e. The van der Waals surface area contributed by atoms with Gasteiger partial charge in [0.2, 0.25) is 6.10 Å². The Hall–Kier alpha value is -2.62. The maximum atomic E-state index is 12.5. The smallest absolute Gasteiger partial charge is 0.266 e. The lowest BCUT2D eigenvalue weighted by molar-refractivity contribution is -0.128. The summed E-state index contributed by atoms with van der Waals surface area (Å²) in [5.41, 5.74) is 1.20. The zero-order chi connectivity index (χ0) is 15.4. The maximum absolute atomic E-state index is 12.5. The average Bonchev–Trinajstić information content (AvgIpc) is 3.37. The highest BCUT2D eigenvalue weighted by molar-refractivity contribution is 5.84. The molecule has 3 rings (SSSR count). The number of carbonyl (C=O) groups excluding carboxylic acids is 2. The molecule has 0 saturated heterocycles. The van der Waals surface area contributed by atoms with Crippen LogP contribution in [0.3, 0.4) is 0 Å². The van der Waals surface area contributed by atoms with Gasteiger partial charge in [-0.05, 0) is 25.0 Å². The van der Waals surface area contributed by atoms with Gasteiger partial charge in [-0.1, -0.05) is 42.5 Å². The zero-order valence-electron chi connectivity index (χ0n) is 12.1. The van der Waals surface area contributed by atoms with Crippen molar-refractivity contribution in [3.63, 3.8) is 0 Å². The van der Waals surface area contributed by atoms with Gasteiger partial charge >= 0.3 is 0 Å². The van der Waals surface area contributed by atoms with E-state index in [9.17, 15) is 9.59 Å². The molecule has 0 aromatic heterocycles. The van der Waals surface area contributed by atoms with Crippen molar-refractivity contribution >= 4 is 12.2 Å². The monoisotopic (exact) mass is 295 g/mol. The SMILES string of the molecule is O=Cc1ccccc1O[C@H](C(=O)NC1CC1)c1ccccc1. The van der Waals surface area contributed by atoms with Gasteiger partial charge in [0.1, 0.15) is 5.75 Å². The highest BCUT2D eigenvalue weighted by Gasteiger charge is 2.30. The molecule has 4 nitrogen and oxygen atoms in total. The Morgan fingerprint density at radius 1 is 1.09 bits per heavy atom. The first kappa shape index (κ1) is 14.3. The van der Waals surface area contributed by atoms with E-state index in [1.165, 1.54) is 0 Å². The number of hydrogen-bond acceptors (Lipinski definition) is 3. The number of amides is 1. The predicted molar refractivity (Wildman–Crippen MR) is 82.8 cm³/mol. The molecule has 0 unspecified atom stereocenters. The van der Waals surface area contributed by atoms with E-state index in [4.69, 9.17) is 4.74 Å². The summed E-state index contributed by atoms with van der Waals surface area (Å²) in [4.78, 5) is 23.6. The molecule has 0 aliphatic heterocycles. The number of nitrogens with one attached hydrogen (secondary N) is 1. The van der Waals surface area contributed by atoms with Crippen LogP contribution in [0.2, 0.25) is 0 Å². The summed E-state index contributed by atoms with van der Waals surface area (Å²) >= 11 is 0. The first-order valence-corrected chi connectivity index (χ1v) is 7.34. The summed E-state index contributed by atoms with van der Waals surface area (Å²) in [6, 6.07) is 16.5. The molecule has 4 heteroatoms. The molecule has 1 saturated carbocycles. The molecule has 22 heavy (non-hydrogen) atoms.